The average molecular weight is 995 g/mol. The number of rotatable bonds is 3. The Kier molecular flexibility index (Phi) is 31.2. The molecular weight excluding hydrogens is 901 g/mol. The number of aromatic nitrogens is 2. The summed E-state index contributed by atoms with van der Waals surface area (Å²) >= 11 is 0. The third-order valence-corrected chi connectivity index (χ3v) is 7.94. The van der Waals surface area contributed by atoms with E-state index in [9.17, 15) is 24.0 Å². The molecule has 0 spiro atoms. The number of nitrogen functional groups attached to an aromatic ring is 1. The van der Waals surface area contributed by atoms with Crippen LogP contribution in [0.3, 0.4) is 0 Å². The highest BCUT2D eigenvalue weighted by Crippen LogP contribution is 2.15. The maximum absolute atomic E-state index is 11.5. The lowest BCUT2D eigenvalue weighted by Gasteiger charge is -2.29. The van der Waals surface area contributed by atoms with Crippen molar-refractivity contribution in [1.29, 1.82) is 0 Å². The first-order chi connectivity index (χ1) is 30.9. The number of nitrogens with zero attached hydrogens (tertiary/aromatic N) is 2. The molecule has 70 heavy (non-hydrogen) atoms. The van der Waals surface area contributed by atoms with Gasteiger partial charge in [0.05, 0.1) is 17.6 Å². The van der Waals surface area contributed by atoms with Crippen molar-refractivity contribution in [1.82, 2.24) is 31.2 Å². The van der Waals surface area contributed by atoms with Crippen LogP contribution < -0.4 is 32.3 Å². The molecule has 3 amide bonds. The molecule has 19 heteroatoms. The van der Waals surface area contributed by atoms with E-state index in [1.807, 2.05) is 88.3 Å². The molecule has 0 radical (unpaired) electrons. The molecule has 0 aliphatic carbocycles. The largest absolute Gasteiger partial charge is 0.519 e. The highest BCUT2D eigenvalue weighted by Gasteiger charge is 2.26. The van der Waals surface area contributed by atoms with E-state index in [-0.39, 0.29) is 39.1 Å². The molecule has 7 N–H and O–H groups in total. The van der Waals surface area contributed by atoms with Gasteiger partial charge in [-0.2, -0.15) is 0 Å². The van der Waals surface area contributed by atoms with Gasteiger partial charge in [-0.15, -0.1) is 0 Å². The van der Waals surface area contributed by atoms with Crippen LogP contribution in [0.5, 0.6) is 0 Å². The van der Waals surface area contributed by atoms with E-state index in [4.69, 9.17) is 29.4 Å². The molecule has 2 aliphatic rings. The Bertz CT molecular complexity index is 1750. The normalized spacial score (nSPS) is 17.6. The highest BCUT2D eigenvalue weighted by molar-refractivity contribution is 5.84. The maximum atomic E-state index is 11.5. The van der Waals surface area contributed by atoms with Crippen molar-refractivity contribution in [3.63, 3.8) is 0 Å². The van der Waals surface area contributed by atoms with Crippen molar-refractivity contribution >= 4 is 42.0 Å². The molecule has 0 bridgehead atoms. The number of alkyl carbamates (subject to hydrolysis) is 2. The number of ether oxygens (including phenoxy) is 6. The second-order valence-electron chi connectivity index (χ2n) is 21.9. The molecule has 0 aromatic carbocycles. The van der Waals surface area contributed by atoms with Gasteiger partial charge in [0.15, 0.2) is 0 Å². The van der Waals surface area contributed by atoms with E-state index < -0.39 is 46.4 Å². The Balaban J connectivity index is -0.000000805. The van der Waals surface area contributed by atoms with Gasteiger partial charge in [-0.25, -0.2) is 24.0 Å². The number of hydrogen-bond donors (Lipinski definition) is 6. The summed E-state index contributed by atoms with van der Waals surface area (Å²) in [6.45, 7) is 38.7. The van der Waals surface area contributed by atoms with Crippen molar-refractivity contribution < 1.29 is 52.4 Å². The molecule has 4 atom stereocenters. The quantitative estimate of drug-likeness (QED) is 0.0950. The molecule has 2 unspecified atom stereocenters. The minimum Gasteiger partial charge on any atom is -0.444 e. The summed E-state index contributed by atoms with van der Waals surface area (Å²) in [7, 11) is 0. The van der Waals surface area contributed by atoms with Crippen LogP contribution in [-0.4, -0.2) is 107 Å². The van der Waals surface area contributed by atoms with Crippen LogP contribution in [-0.2, 0) is 28.4 Å². The zero-order chi connectivity index (χ0) is 52.7. The molecule has 404 valence electrons. The van der Waals surface area contributed by atoms with E-state index in [0.717, 1.165) is 55.8 Å². The average Bonchev–Trinajstić information content (AvgIpc) is 3.08. The lowest BCUT2D eigenvalue weighted by atomic mass is 9.98. The molecule has 19 nitrogen and oxygen atoms in total. The van der Waals surface area contributed by atoms with Gasteiger partial charge in [0.1, 0.15) is 28.0 Å². The fraction of sp³-hybridized carbons (Fsp3) is 0.706. The Morgan fingerprint density at radius 2 is 0.871 bits per heavy atom. The number of nitrogens with one attached hydrogen (secondary N) is 5. The Morgan fingerprint density at radius 3 is 1.17 bits per heavy atom. The minimum absolute atomic E-state index is 0. The molecule has 2 fully saturated rings. The van der Waals surface area contributed by atoms with Crippen LogP contribution in [0.1, 0.15) is 157 Å². The summed E-state index contributed by atoms with van der Waals surface area (Å²) in [4.78, 5) is 64.2. The summed E-state index contributed by atoms with van der Waals surface area (Å²) in [5, 5.41) is 14.9. The second kappa shape index (κ2) is 31.7. The fourth-order valence-corrected chi connectivity index (χ4v) is 5.71. The smallest absolute Gasteiger partial charge is 0.444 e. The van der Waals surface area contributed by atoms with Crippen molar-refractivity contribution in [3.8, 4) is 0 Å². The van der Waals surface area contributed by atoms with Gasteiger partial charge in [-0.1, -0.05) is 28.7 Å². The summed E-state index contributed by atoms with van der Waals surface area (Å²) in [5.41, 5.74) is 6.14. The highest BCUT2D eigenvalue weighted by atomic mass is 16.8. The zero-order valence-corrected chi connectivity index (χ0v) is 44.5. The van der Waals surface area contributed by atoms with Gasteiger partial charge < -0.3 is 55.4 Å². The van der Waals surface area contributed by atoms with Crippen molar-refractivity contribution in [2.75, 3.05) is 37.2 Å². The van der Waals surface area contributed by atoms with E-state index in [1.165, 1.54) is 0 Å². The van der Waals surface area contributed by atoms with Crippen LogP contribution >= 0.6 is 0 Å². The molecule has 2 aromatic rings. The molecule has 0 saturated carbocycles. The third-order valence-electron chi connectivity index (χ3n) is 7.94. The lowest BCUT2D eigenvalue weighted by molar-refractivity contribution is -0.0294. The van der Waals surface area contributed by atoms with Crippen LogP contribution in [0.15, 0.2) is 36.9 Å². The van der Waals surface area contributed by atoms with Crippen molar-refractivity contribution in [2.45, 2.75) is 199 Å². The van der Waals surface area contributed by atoms with Crippen LogP contribution in [0.25, 0.3) is 0 Å². The summed E-state index contributed by atoms with van der Waals surface area (Å²) in [6, 6.07) is 4.11. The number of anilines is 2. The van der Waals surface area contributed by atoms with Crippen molar-refractivity contribution in [2.24, 2.45) is 11.8 Å². The topological polar surface area (TPSA) is 253 Å². The monoisotopic (exact) mass is 995 g/mol. The first-order valence-corrected chi connectivity index (χ1v) is 23.0. The summed E-state index contributed by atoms with van der Waals surface area (Å²) < 4.78 is 29.3. The third kappa shape index (κ3) is 41.5. The second-order valence-corrected chi connectivity index (χ2v) is 21.9. The molecular formula is C51H94N8O11. The number of nitrogens with two attached hydrogens (primary N) is 1. The van der Waals surface area contributed by atoms with Crippen LogP contribution in [0, 0.1) is 25.7 Å². The van der Waals surface area contributed by atoms with Gasteiger partial charge in [-0.05, 0) is 179 Å². The molecule has 2 aromatic heterocycles. The Morgan fingerprint density at radius 1 is 0.529 bits per heavy atom. The summed E-state index contributed by atoms with van der Waals surface area (Å²) in [5.74, 6) is 1.22. The number of carbonyl (C=O) groups excluding carboxylic acids is 5. The standard InChI is InChI=1S/2C11H22N2O2.C11H16N2O2.C10H18O5.C6H8N2.2CH4/c3*1-8-5-9(7-12-6-8)13-10(14)15-11(2,3)4;1-9(2,3)14-7(11)13-8(12)15-10(4,5)6;1-5-2-6(7)4-8-3-5;;/h2*8-9,12H,5-7H2,1-4H3,(H,13,14);5-7H,1-4H3,(H,13,14);1-6H3;2-4H,7H2,1H3;2*1H4/t8-,9+;;;;;;/m0....../s1. The van der Waals surface area contributed by atoms with Gasteiger partial charge in [0, 0.05) is 43.8 Å². The predicted octanol–water partition coefficient (Wildman–Crippen LogP) is 10.9. The molecule has 2 aliphatic heterocycles. The predicted molar refractivity (Wildman–Crippen MR) is 279 cm³/mol. The van der Waals surface area contributed by atoms with E-state index >= 15 is 0 Å². The minimum atomic E-state index is -1.06. The lowest BCUT2D eigenvalue weighted by Crippen LogP contribution is -2.49. The first-order valence-electron chi connectivity index (χ1n) is 23.0. The summed E-state index contributed by atoms with van der Waals surface area (Å²) in [6.07, 6.45) is 5.54. The number of piperidine rings is 2. The first kappa shape index (κ1) is 68.8. The molecule has 4 rings (SSSR count). The number of aryl methyl sites for hydroxylation is 2. The SMILES string of the molecule is C.C.CC(C)(C)OC(=O)OC(=O)OC(C)(C)C.CC1CNCC(NC(=O)OC(C)(C)C)C1.C[C@@H]1CNC[C@H](NC(=O)OC(C)(C)C)C1.Cc1cncc(N)c1.Cc1cncc(NC(=O)OC(C)(C)C)c1. The number of carbonyl (C=O) groups is 5. The molecule has 2 saturated heterocycles. The van der Waals surface area contributed by atoms with Crippen LogP contribution in [0.4, 0.5) is 35.3 Å². The van der Waals surface area contributed by atoms with Gasteiger partial charge in [-0.3, -0.25) is 15.3 Å². The van der Waals surface area contributed by atoms with E-state index in [2.05, 4.69) is 55.1 Å². The van der Waals surface area contributed by atoms with Gasteiger partial charge in [0.25, 0.3) is 0 Å². The Labute approximate surface area is 420 Å². The molecule has 4 heterocycles. The number of hydrogen-bond acceptors (Lipinski definition) is 16. The Hall–Kier alpha value is -5.43. The van der Waals surface area contributed by atoms with E-state index in [0.29, 0.717) is 17.5 Å². The zero-order valence-electron chi connectivity index (χ0n) is 44.5. The number of pyridine rings is 2. The van der Waals surface area contributed by atoms with Crippen molar-refractivity contribution in [3.05, 3.63) is 48.0 Å². The number of amides is 3. The fourth-order valence-electron chi connectivity index (χ4n) is 5.71. The maximum Gasteiger partial charge on any atom is 0.519 e. The van der Waals surface area contributed by atoms with Gasteiger partial charge >= 0.3 is 30.6 Å². The van der Waals surface area contributed by atoms with Crippen LogP contribution in [0.2, 0.25) is 0 Å². The van der Waals surface area contributed by atoms with E-state index in [1.54, 1.807) is 66.3 Å². The van der Waals surface area contributed by atoms with Gasteiger partial charge in [0.2, 0.25) is 0 Å².